The Morgan fingerprint density at radius 3 is 2.61 bits per heavy atom. The second kappa shape index (κ2) is 11.3. The molecule has 5 rings (SSSR count). The summed E-state index contributed by atoms with van der Waals surface area (Å²) in [6, 6.07) is 21.2. The lowest BCUT2D eigenvalue weighted by molar-refractivity contribution is -0.120. The lowest BCUT2D eigenvalue weighted by Gasteiger charge is -2.05. The maximum absolute atomic E-state index is 13.8. The molecule has 2 amide bonds. The summed E-state index contributed by atoms with van der Waals surface area (Å²) < 4.78 is 15.9. The third-order valence-electron chi connectivity index (χ3n) is 5.60. The van der Waals surface area contributed by atoms with E-state index < -0.39 is 17.6 Å². The lowest BCUT2D eigenvalue weighted by Crippen LogP contribution is -2.19. The quantitative estimate of drug-likeness (QED) is 0.204. The lowest BCUT2D eigenvalue weighted by atomic mass is 10.2. The van der Waals surface area contributed by atoms with Gasteiger partial charge in [0.2, 0.25) is 11.0 Å². The minimum absolute atomic E-state index is 0.0805. The van der Waals surface area contributed by atoms with Crippen molar-refractivity contribution in [3.8, 4) is 0 Å². The molecule has 5 aromatic rings. The van der Waals surface area contributed by atoms with Gasteiger partial charge in [0.25, 0.3) is 5.91 Å². The zero-order chi connectivity index (χ0) is 26.5. The highest BCUT2D eigenvalue weighted by atomic mass is 35.5. The van der Waals surface area contributed by atoms with E-state index in [4.69, 9.17) is 11.6 Å². The van der Waals surface area contributed by atoms with Crippen LogP contribution in [0.3, 0.4) is 0 Å². The molecule has 2 aromatic heterocycles. The van der Waals surface area contributed by atoms with Gasteiger partial charge in [0.15, 0.2) is 0 Å². The number of nitrogens with one attached hydrogen (secondary N) is 2. The molecule has 0 aliphatic heterocycles. The fraction of sp³-hybridized carbons (Fsp3) is 0.0741. The number of amides is 2. The number of aromatic nitrogens is 3. The van der Waals surface area contributed by atoms with Gasteiger partial charge in [-0.15, -0.1) is 10.2 Å². The molecule has 2 N–H and O–H groups in total. The predicted molar refractivity (Wildman–Crippen MR) is 146 cm³/mol. The van der Waals surface area contributed by atoms with Crippen molar-refractivity contribution in [2.75, 3.05) is 5.32 Å². The molecule has 0 atom stereocenters. The molecule has 3 aromatic carbocycles. The zero-order valence-electron chi connectivity index (χ0n) is 19.8. The van der Waals surface area contributed by atoms with E-state index in [2.05, 4.69) is 30.6 Å². The Balaban J connectivity index is 1.21. The van der Waals surface area contributed by atoms with Gasteiger partial charge >= 0.3 is 0 Å². The summed E-state index contributed by atoms with van der Waals surface area (Å²) in [6.45, 7) is 0.657. The smallest absolute Gasteiger partial charge is 0.260 e. The van der Waals surface area contributed by atoms with E-state index in [1.54, 1.807) is 12.3 Å². The Morgan fingerprint density at radius 2 is 1.79 bits per heavy atom. The first-order chi connectivity index (χ1) is 18.5. The predicted octanol–water partition coefficient (Wildman–Crippen LogP) is 5.28. The normalized spacial score (nSPS) is 11.2. The molecule has 0 saturated carbocycles. The third-order valence-corrected chi connectivity index (χ3v) is 6.69. The molecular formula is C27H20ClFN6O2S. The minimum Gasteiger partial charge on any atom is -0.342 e. The number of para-hydroxylation sites is 1. The molecule has 11 heteroatoms. The summed E-state index contributed by atoms with van der Waals surface area (Å²) >= 11 is 7.03. The Hall–Kier alpha value is -4.41. The largest absolute Gasteiger partial charge is 0.342 e. The molecule has 0 saturated heterocycles. The Labute approximate surface area is 225 Å². The molecule has 0 unspecified atom stereocenters. The number of hydrogen-bond acceptors (Lipinski definition) is 6. The van der Waals surface area contributed by atoms with Crippen molar-refractivity contribution in [1.82, 2.24) is 20.2 Å². The van der Waals surface area contributed by atoms with E-state index in [9.17, 15) is 14.0 Å². The number of hydrogen-bond donors (Lipinski definition) is 2. The van der Waals surface area contributed by atoms with Gasteiger partial charge < -0.3 is 4.57 Å². The van der Waals surface area contributed by atoms with Crippen molar-refractivity contribution in [2.45, 2.75) is 13.0 Å². The van der Waals surface area contributed by atoms with Crippen molar-refractivity contribution in [3.63, 3.8) is 0 Å². The Bertz CT molecular complexity index is 1650. The number of rotatable bonds is 8. The molecule has 0 spiro atoms. The highest BCUT2D eigenvalue weighted by molar-refractivity contribution is 7.15. The van der Waals surface area contributed by atoms with Gasteiger partial charge in [-0.3, -0.25) is 14.9 Å². The van der Waals surface area contributed by atoms with Crippen LogP contribution >= 0.6 is 22.9 Å². The molecular weight excluding hydrogens is 527 g/mol. The summed E-state index contributed by atoms with van der Waals surface area (Å²) in [5.74, 6) is -1.68. The number of halogens is 2. The van der Waals surface area contributed by atoms with Crippen LogP contribution in [0.5, 0.6) is 0 Å². The molecule has 8 nitrogen and oxygen atoms in total. The van der Waals surface area contributed by atoms with Crippen LogP contribution in [0.1, 0.15) is 26.5 Å². The Morgan fingerprint density at radius 1 is 1.03 bits per heavy atom. The van der Waals surface area contributed by atoms with Gasteiger partial charge in [0.1, 0.15) is 10.8 Å². The van der Waals surface area contributed by atoms with Gasteiger partial charge in [-0.05, 0) is 35.9 Å². The number of anilines is 1. The second-order valence-electron chi connectivity index (χ2n) is 8.26. The molecule has 0 radical (unpaired) electrons. The number of fused-ring (bicyclic) bond motifs is 1. The summed E-state index contributed by atoms with van der Waals surface area (Å²) in [6.07, 6.45) is 3.49. The molecule has 190 valence electrons. The number of hydrazone groups is 1. The highest BCUT2D eigenvalue weighted by Crippen LogP contribution is 2.22. The van der Waals surface area contributed by atoms with E-state index in [0.717, 1.165) is 33.4 Å². The van der Waals surface area contributed by atoms with Crippen LogP contribution in [0.25, 0.3) is 10.9 Å². The minimum atomic E-state index is -0.643. The average molecular weight is 547 g/mol. The van der Waals surface area contributed by atoms with Crippen LogP contribution in [-0.4, -0.2) is 32.8 Å². The second-order valence-corrected chi connectivity index (χ2v) is 9.76. The van der Waals surface area contributed by atoms with Crippen molar-refractivity contribution in [1.29, 1.82) is 0 Å². The molecule has 0 aliphatic carbocycles. The van der Waals surface area contributed by atoms with E-state index in [-0.39, 0.29) is 17.1 Å². The maximum atomic E-state index is 13.8. The zero-order valence-corrected chi connectivity index (χ0v) is 21.3. The first-order valence-corrected chi connectivity index (χ1v) is 12.7. The van der Waals surface area contributed by atoms with E-state index in [0.29, 0.717) is 16.6 Å². The van der Waals surface area contributed by atoms with E-state index in [1.807, 2.05) is 54.7 Å². The van der Waals surface area contributed by atoms with Crippen LogP contribution in [0, 0.1) is 5.82 Å². The first-order valence-electron chi connectivity index (χ1n) is 11.5. The monoisotopic (exact) mass is 546 g/mol. The van der Waals surface area contributed by atoms with Crippen molar-refractivity contribution in [2.24, 2.45) is 5.10 Å². The Kier molecular flexibility index (Phi) is 7.52. The van der Waals surface area contributed by atoms with Gasteiger partial charge in [-0.2, -0.15) is 5.10 Å². The molecule has 2 heterocycles. The molecule has 0 fully saturated rings. The topological polar surface area (TPSA) is 101 Å². The van der Waals surface area contributed by atoms with Gasteiger partial charge in [0.05, 0.1) is 18.2 Å². The fourth-order valence-electron chi connectivity index (χ4n) is 3.83. The summed E-state index contributed by atoms with van der Waals surface area (Å²) in [5, 5.41) is 16.6. The van der Waals surface area contributed by atoms with Crippen LogP contribution in [0.4, 0.5) is 9.52 Å². The highest BCUT2D eigenvalue weighted by Gasteiger charge is 2.15. The molecule has 0 aliphatic rings. The standard InChI is InChI=1S/C27H20ClFN6O2S/c28-19-11-9-17(10-12-19)15-35-16-18(20-5-2-4-8-23(20)35)14-30-32-24(36)13-25-33-34-27(38-25)31-26(37)21-6-1-3-7-22(21)29/h1-12,14,16H,13,15H2,(H,32,36)(H,31,34,37)/b30-14-. The fourth-order valence-corrected chi connectivity index (χ4v) is 4.69. The van der Waals surface area contributed by atoms with Crippen LogP contribution < -0.4 is 10.7 Å². The number of carbonyl (C=O) groups is 2. The first kappa shape index (κ1) is 25.2. The van der Waals surface area contributed by atoms with Crippen LogP contribution in [-0.2, 0) is 17.8 Å². The summed E-state index contributed by atoms with van der Waals surface area (Å²) in [5.41, 5.74) is 5.39. The number of carbonyl (C=O) groups excluding carboxylic acids is 2. The van der Waals surface area contributed by atoms with Gasteiger partial charge in [-0.25, -0.2) is 9.82 Å². The van der Waals surface area contributed by atoms with Crippen molar-refractivity contribution >= 4 is 57.0 Å². The van der Waals surface area contributed by atoms with Crippen LogP contribution in [0.2, 0.25) is 5.02 Å². The number of nitrogens with zero attached hydrogens (tertiary/aromatic N) is 4. The third kappa shape index (κ3) is 5.93. The summed E-state index contributed by atoms with van der Waals surface area (Å²) in [7, 11) is 0. The number of benzene rings is 3. The van der Waals surface area contributed by atoms with Gasteiger partial charge in [0, 0.05) is 34.2 Å². The summed E-state index contributed by atoms with van der Waals surface area (Å²) in [4.78, 5) is 24.6. The molecule has 38 heavy (non-hydrogen) atoms. The van der Waals surface area contributed by atoms with Gasteiger partial charge in [-0.1, -0.05) is 65.4 Å². The van der Waals surface area contributed by atoms with Crippen LogP contribution in [0.15, 0.2) is 84.1 Å². The van der Waals surface area contributed by atoms with Crippen molar-refractivity contribution in [3.05, 3.63) is 112 Å². The maximum Gasteiger partial charge on any atom is 0.260 e. The van der Waals surface area contributed by atoms with E-state index in [1.165, 1.54) is 18.2 Å². The van der Waals surface area contributed by atoms with Crippen molar-refractivity contribution < 1.29 is 14.0 Å². The molecule has 0 bridgehead atoms. The average Bonchev–Trinajstić information content (AvgIpc) is 3.49. The SMILES string of the molecule is O=C(Cc1nnc(NC(=O)c2ccccc2F)s1)N/N=C\c1cn(Cc2ccc(Cl)cc2)c2ccccc12. The van der Waals surface area contributed by atoms with E-state index >= 15 is 0 Å².